The monoisotopic (exact) mass is 389 g/mol. The van der Waals surface area contributed by atoms with Crippen LogP contribution in [0.15, 0.2) is 60.7 Å². The fraction of sp³-hybridized carbons (Fsp3) is 0.308. The standard InChI is InChI=1S/C26H29O3/c1-4-26(28,5-2)23-12-13-25(19(3)14-23)22-10-6-9-21(15-22)18-29-24-11-7-8-20(16-24)17-27/h6-7,9-16,27-28H,4-5,17-18H2,1-3H3. The van der Waals surface area contributed by atoms with E-state index in [0.29, 0.717) is 25.0 Å². The highest BCUT2D eigenvalue weighted by atomic mass is 16.5. The summed E-state index contributed by atoms with van der Waals surface area (Å²) in [6, 6.07) is 22.9. The molecule has 29 heavy (non-hydrogen) atoms. The van der Waals surface area contributed by atoms with Gasteiger partial charge in [0.25, 0.3) is 0 Å². The molecule has 0 atom stereocenters. The van der Waals surface area contributed by atoms with E-state index in [4.69, 9.17) is 4.74 Å². The number of benzene rings is 3. The third kappa shape index (κ3) is 4.87. The number of aryl methyl sites for hydroxylation is 1. The molecule has 0 saturated heterocycles. The summed E-state index contributed by atoms with van der Waals surface area (Å²) in [4.78, 5) is 0. The third-order valence-corrected chi connectivity index (χ3v) is 5.58. The maximum Gasteiger partial charge on any atom is 0.120 e. The predicted molar refractivity (Wildman–Crippen MR) is 117 cm³/mol. The fourth-order valence-corrected chi connectivity index (χ4v) is 3.60. The van der Waals surface area contributed by atoms with Crippen LogP contribution in [-0.4, -0.2) is 10.2 Å². The highest BCUT2D eigenvalue weighted by Gasteiger charge is 2.25. The first-order valence-corrected chi connectivity index (χ1v) is 10.2. The second-order valence-electron chi connectivity index (χ2n) is 7.47. The van der Waals surface area contributed by atoms with E-state index >= 15 is 0 Å². The molecule has 1 radical (unpaired) electrons. The van der Waals surface area contributed by atoms with Crippen molar-refractivity contribution in [3.63, 3.8) is 0 Å². The molecule has 0 aliphatic carbocycles. The van der Waals surface area contributed by atoms with Gasteiger partial charge < -0.3 is 14.9 Å². The van der Waals surface area contributed by atoms with Gasteiger partial charge in [-0.1, -0.05) is 56.3 Å². The van der Waals surface area contributed by atoms with E-state index in [1.807, 2.05) is 38.1 Å². The van der Waals surface area contributed by atoms with Crippen LogP contribution in [0.2, 0.25) is 0 Å². The summed E-state index contributed by atoms with van der Waals surface area (Å²) in [7, 11) is 0. The molecule has 3 heteroatoms. The lowest BCUT2D eigenvalue weighted by atomic mass is 9.86. The maximum atomic E-state index is 10.8. The molecule has 0 aromatic heterocycles. The van der Waals surface area contributed by atoms with Gasteiger partial charge in [-0.15, -0.1) is 0 Å². The Bertz CT molecular complexity index is 958. The van der Waals surface area contributed by atoms with E-state index in [0.717, 1.165) is 33.6 Å². The lowest BCUT2D eigenvalue weighted by Crippen LogP contribution is -2.23. The van der Waals surface area contributed by atoms with Crippen molar-refractivity contribution in [3.05, 3.63) is 89.0 Å². The molecule has 151 valence electrons. The van der Waals surface area contributed by atoms with Crippen molar-refractivity contribution < 1.29 is 14.9 Å². The normalized spacial score (nSPS) is 11.5. The fourth-order valence-electron chi connectivity index (χ4n) is 3.60. The Labute approximate surface area is 173 Å². The first kappa shape index (κ1) is 21.1. The molecule has 0 unspecified atom stereocenters. The molecule has 0 amide bonds. The van der Waals surface area contributed by atoms with Crippen molar-refractivity contribution in [3.8, 4) is 16.9 Å². The Morgan fingerprint density at radius 2 is 1.79 bits per heavy atom. The largest absolute Gasteiger partial charge is 0.489 e. The molecule has 0 aliphatic heterocycles. The van der Waals surface area contributed by atoms with Gasteiger partial charge in [0.2, 0.25) is 0 Å². The Kier molecular flexibility index (Phi) is 6.73. The predicted octanol–water partition coefficient (Wildman–Crippen LogP) is 5.54. The van der Waals surface area contributed by atoms with Gasteiger partial charge in [0.15, 0.2) is 0 Å². The van der Waals surface area contributed by atoms with Gasteiger partial charge in [-0.2, -0.15) is 0 Å². The average molecular weight is 390 g/mol. The van der Waals surface area contributed by atoms with Gasteiger partial charge in [-0.05, 0) is 77.4 Å². The number of aliphatic hydroxyl groups excluding tert-OH is 1. The molecular formula is C26H29O3. The third-order valence-electron chi connectivity index (χ3n) is 5.58. The van der Waals surface area contributed by atoms with Crippen LogP contribution in [0.4, 0.5) is 0 Å². The number of aliphatic hydroxyl groups is 2. The first-order valence-electron chi connectivity index (χ1n) is 10.2. The smallest absolute Gasteiger partial charge is 0.120 e. The van der Waals surface area contributed by atoms with Crippen LogP contribution in [0, 0.1) is 13.0 Å². The summed E-state index contributed by atoms with van der Waals surface area (Å²) < 4.78 is 5.88. The summed E-state index contributed by atoms with van der Waals surface area (Å²) in [6.07, 6.45) is 1.40. The lowest BCUT2D eigenvalue weighted by Gasteiger charge is -2.26. The molecule has 0 heterocycles. The van der Waals surface area contributed by atoms with Crippen molar-refractivity contribution in [1.82, 2.24) is 0 Å². The molecule has 3 nitrogen and oxygen atoms in total. The van der Waals surface area contributed by atoms with Crippen LogP contribution < -0.4 is 4.74 Å². The summed E-state index contributed by atoms with van der Waals surface area (Å²) >= 11 is 0. The van der Waals surface area contributed by atoms with E-state index in [9.17, 15) is 10.2 Å². The molecule has 3 aromatic rings. The van der Waals surface area contributed by atoms with Crippen LogP contribution in [0.1, 0.15) is 48.9 Å². The minimum atomic E-state index is -0.764. The van der Waals surface area contributed by atoms with Crippen LogP contribution in [0.25, 0.3) is 11.1 Å². The second-order valence-corrected chi connectivity index (χ2v) is 7.47. The van der Waals surface area contributed by atoms with Gasteiger partial charge >= 0.3 is 0 Å². The molecule has 3 rings (SSSR count). The quantitative estimate of drug-likeness (QED) is 0.532. The Morgan fingerprint density at radius 1 is 1.00 bits per heavy atom. The molecule has 0 spiro atoms. The van der Waals surface area contributed by atoms with Crippen LogP contribution in [0.3, 0.4) is 0 Å². The number of rotatable bonds is 8. The minimum absolute atomic E-state index is 0.0485. The van der Waals surface area contributed by atoms with Crippen LogP contribution in [-0.2, 0) is 18.8 Å². The molecule has 0 saturated carbocycles. The van der Waals surface area contributed by atoms with E-state index in [1.165, 1.54) is 0 Å². The minimum Gasteiger partial charge on any atom is -0.489 e. The summed E-state index contributed by atoms with van der Waals surface area (Å²) in [5.41, 5.74) is 5.43. The summed E-state index contributed by atoms with van der Waals surface area (Å²) in [5.74, 6) is 0.720. The Morgan fingerprint density at radius 3 is 2.48 bits per heavy atom. The van der Waals surface area contributed by atoms with Crippen molar-refractivity contribution in [2.75, 3.05) is 0 Å². The topological polar surface area (TPSA) is 49.7 Å². The molecule has 0 bridgehead atoms. The molecule has 3 aromatic carbocycles. The Hall–Kier alpha value is -2.62. The van der Waals surface area contributed by atoms with Gasteiger partial charge in [0, 0.05) is 0 Å². The van der Waals surface area contributed by atoms with Crippen molar-refractivity contribution in [1.29, 1.82) is 0 Å². The van der Waals surface area contributed by atoms with E-state index < -0.39 is 5.60 Å². The zero-order valence-corrected chi connectivity index (χ0v) is 17.4. The maximum absolute atomic E-state index is 10.8. The van der Waals surface area contributed by atoms with E-state index in [2.05, 4.69) is 37.3 Å². The van der Waals surface area contributed by atoms with Crippen molar-refractivity contribution >= 4 is 0 Å². The summed E-state index contributed by atoms with van der Waals surface area (Å²) in [6.45, 7) is 6.53. The second kappa shape index (κ2) is 9.25. The highest BCUT2D eigenvalue weighted by molar-refractivity contribution is 5.68. The number of hydrogen-bond acceptors (Lipinski definition) is 3. The van der Waals surface area contributed by atoms with Gasteiger partial charge in [-0.3, -0.25) is 0 Å². The molecular weight excluding hydrogens is 360 g/mol. The van der Waals surface area contributed by atoms with Crippen LogP contribution in [0.5, 0.6) is 5.75 Å². The zero-order chi connectivity index (χ0) is 20.9. The zero-order valence-electron chi connectivity index (χ0n) is 17.4. The number of hydrogen-bond donors (Lipinski definition) is 2. The van der Waals surface area contributed by atoms with Gasteiger partial charge in [-0.25, -0.2) is 0 Å². The SMILES string of the molecule is CCC(O)(CC)c1ccc(-c2cccc(COc3cc[c]c(CO)c3)c2)c(C)c1. The van der Waals surface area contributed by atoms with E-state index in [-0.39, 0.29) is 6.61 Å². The van der Waals surface area contributed by atoms with E-state index in [1.54, 1.807) is 12.1 Å². The van der Waals surface area contributed by atoms with Gasteiger partial charge in [0.05, 0.1) is 12.2 Å². The van der Waals surface area contributed by atoms with Crippen LogP contribution >= 0.6 is 0 Å². The Balaban J connectivity index is 1.80. The van der Waals surface area contributed by atoms with Crippen molar-refractivity contribution in [2.24, 2.45) is 0 Å². The molecule has 2 N–H and O–H groups in total. The summed E-state index contributed by atoms with van der Waals surface area (Å²) in [5, 5.41) is 20.0. The molecule has 0 fully saturated rings. The van der Waals surface area contributed by atoms with Crippen molar-refractivity contribution in [2.45, 2.75) is 52.4 Å². The first-order chi connectivity index (χ1) is 14.0. The van der Waals surface area contributed by atoms with Gasteiger partial charge in [0.1, 0.15) is 12.4 Å². The average Bonchev–Trinajstić information content (AvgIpc) is 2.77. The molecule has 0 aliphatic rings. The number of ether oxygens (including phenoxy) is 1. The lowest BCUT2D eigenvalue weighted by molar-refractivity contribution is 0.0283. The highest BCUT2D eigenvalue weighted by Crippen LogP contribution is 2.33.